The molecule has 2 aromatic carbocycles. The minimum Gasteiger partial charge on any atom is -0.495 e. The van der Waals surface area contributed by atoms with Crippen molar-refractivity contribution in [3.8, 4) is 5.75 Å². The summed E-state index contributed by atoms with van der Waals surface area (Å²) in [7, 11) is 1.47. The lowest BCUT2D eigenvalue weighted by Gasteiger charge is -2.12. The highest BCUT2D eigenvalue weighted by atomic mass is 32.2. The molecular formula is C21H24N2O5S. The summed E-state index contributed by atoms with van der Waals surface area (Å²) in [4.78, 5) is 36.3. The molecule has 0 saturated heterocycles. The van der Waals surface area contributed by atoms with E-state index in [0.717, 1.165) is 16.0 Å². The number of amides is 2. The Labute approximate surface area is 174 Å². The van der Waals surface area contributed by atoms with Crippen molar-refractivity contribution in [2.45, 2.75) is 25.7 Å². The molecule has 7 nitrogen and oxygen atoms in total. The van der Waals surface area contributed by atoms with Gasteiger partial charge in [-0.2, -0.15) is 0 Å². The van der Waals surface area contributed by atoms with Crippen LogP contribution in [0.25, 0.3) is 0 Å². The van der Waals surface area contributed by atoms with E-state index in [9.17, 15) is 14.4 Å². The lowest BCUT2D eigenvalue weighted by atomic mass is 10.2. The third kappa shape index (κ3) is 7.15. The van der Waals surface area contributed by atoms with E-state index in [1.807, 2.05) is 32.0 Å². The molecule has 0 aliphatic carbocycles. The molecule has 2 N–H and O–H groups in total. The van der Waals surface area contributed by atoms with Gasteiger partial charge in [0, 0.05) is 17.5 Å². The van der Waals surface area contributed by atoms with Crippen LogP contribution in [0.2, 0.25) is 0 Å². The first kappa shape index (κ1) is 22.3. The Bertz CT molecular complexity index is 914. The summed E-state index contributed by atoms with van der Waals surface area (Å²) in [6.07, 6.45) is 0. The first-order chi connectivity index (χ1) is 13.8. The van der Waals surface area contributed by atoms with E-state index in [1.54, 1.807) is 18.2 Å². The number of carbonyl (C=O) groups is 3. The molecule has 0 aromatic heterocycles. The molecule has 0 bridgehead atoms. The van der Waals surface area contributed by atoms with Gasteiger partial charge in [0.15, 0.2) is 6.61 Å². The standard InChI is InChI=1S/C21H24N2O5S/c1-13-5-6-14(2)19(9-13)29-12-21(26)28-11-20(25)23-17-10-16(22-15(3)24)7-8-18(17)27-4/h5-10H,11-12H2,1-4H3,(H,22,24)(H,23,25). The van der Waals surface area contributed by atoms with Crippen LogP contribution in [-0.4, -0.2) is 37.3 Å². The minimum atomic E-state index is -0.506. The molecule has 0 atom stereocenters. The number of ether oxygens (including phenoxy) is 2. The normalized spacial score (nSPS) is 10.2. The van der Waals surface area contributed by atoms with Crippen molar-refractivity contribution in [2.75, 3.05) is 30.1 Å². The molecule has 154 valence electrons. The van der Waals surface area contributed by atoms with Crippen LogP contribution < -0.4 is 15.4 Å². The van der Waals surface area contributed by atoms with Crippen molar-refractivity contribution in [3.63, 3.8) is 0 Å². The number of aryl methyl sites for hydroxylation is 2. The zero-order valence-corrected chi connectivity index (χ0v) is 17.6. The SMILES string of the molecule is COc1ccc(NC(C)=O)cc1NC(=O)COC(=O)CSc1cc(C)ccc1C. The van der Waals surface area contributed by atoms with Crippen LogP contribution in [0.1, 0.15) is 18.1 Å². The van der Waals surface area contributed by atoms with Gasteiger partial charge in [-0.3, -0.25) is 14.4 Å². The van der Waals surface area contributed by atoms with Crippen molar-refractivity contribution in [1.82, 2.24) is 0 Å². The molecular weight excluding hydrogens is 392 g/mol. The lowest BCUT2D eigenvalue weighted by molar-refractivity contribution is -0.144. The molecule has 0 saturated carbocycles. The fraction of sp³-hybridized carbons (Fsp3) is 0.286. The first-order valence-electron chi connectivity index (χ1n) is 8.89. The number of anilines is 2. The number of carbonyl (C=O) groups excluding carboxylic acids is 3. The molecule has 0 heterocycles. The molecule has 2 amide bonds. The maximum Gasteiger partial charge on any atom is 0.316 e. The van der Waals surface area contributed by atoms with Crippen LogP contribution >= 0.6 is 11.8 Å². The summed E-state index contributed by atoms with van der Waals surface area (Å²) >= 11 is 1.37. The number of nitrogens with one attached hydrogen (secondary N) is 2. The number of thioether (sulfide) groups is 1. The molecule has 0 fully saturated rings. The highest BCUT2D eigenvalue weighted by Crippen LogP contribution is 2.28. The Morgan fingerprint density at radius 2 is 1.79 bits per heavy atom. The molecule has 8 heteroatoms. The highest BCUT2D eigenvalue weighted by Gasteiger charge is 2.13. The van der Waals surface area contributed by atoms with Gasteiger partial charge >= 0.3 is 5.97 Å². The number of benzene rings is 2. The van der Waals surface area contributed by atoms with E-state index in [-0.39, 0.29) is 11.7 Å². The smallest absolute Gasteiger partial charge is 0.316 e. The summed E-state index contributed by atoms with van der Waals surface area (Å²) in [5.41, 5.74) is 3.07. The van der Waals surface area contributed by atoms with E-state index in [4.69, 9.17) is 9.47 Å². The fourth-order valence-electron chi connectivity index (χ4n) is 2.46. The van der Waals surface area contributed by atoms with Gasteiger partial charge in [0.05, 0.1) is 18.6 Å². The molecule has 0 aliphatic rings. The Balaban J connectivity index is 1.88. The predicted molar refractivity (Wildman–Crippen MR) is 114 cm³/mol. The van der Waals surface area contributed by atoms with Gasteiger partial charge in [-0.25, -0.2) is 0 Å². The summed E-state index contributed by atoms with van der Waals surface area (Å²) < 4.78 is 10.3. The second kappa shape index (κ2) is 10.5. The van der Waals surface area contributed by atoms with Crippen molar-refractivity contribution in [1.29, 1.82) is 0 Å². The van der Waals surface area contributed by atoms with Gasteiger partial charge in [0.25, 0.3) is 5.91 Å². The highest BCUT2D eigenvalue weighted by molar-refractivity contribution is 8.00. The molecule has 0 unspecified atom stereocenters. The summed E-state index contributed by atoms with van der Waals surface area (Å²) in [6.45, 7) is 4.93. The largest absolute Gasteiger partial charge is 0.495 e. The van der Waals surface area contributed by atoms with Gasteiger partial charge in [0.2, 0.25) is 5.91 Å². The number of hydrogen-bond acceptors (Lipinski definition) is 6. The predicted octanol–water partition coefficient (Wildman–Crippen LogP) is 3.54. The Kier molecular flexibility index (Phi) is 8.09. The van der Waals surface area contributed by atoms with Crippen LogP contribution in [0.3, 0.4) is 0 Å². The lowest BCUT2D eigenvalue weighted by Crippen LogP contribution is -2.22. The summed E-state index contributed by atoms with van der Waals surface area (Å²) in [5.74, 6) is -0.691. The van der Waals surface area contributed by atoms with Gasteiger partial charge in [-0.1, -0.05) is 17.7 Å². The van der Waals surface area contributed by atoms with Gasteiger partial charge in [-0.05, 0) is 43.7 Å². The van der Waals surface area contributed by atoms with Crippen LogP contribution in [0.15, 0.2) is 41.3 Å². The minimum absolute atomic E-state index is 0.110. The van der Waals surface area contributed by atoms with E-state index in [1.165, 1.54) is 25.8 Å². The monoisotopic (exact) mass is 416 g/mol. The zero-order chi connectivity index (χ0) is 21.4. The average molecular weight is 416 g/mol. The molecule has 0 aliphatic heterocycles. The van der Waals surface area contributed by atoms with Crippen LogP contribution in [0.5, 0.6) is 5.75 Å². The van der Waals surface area contributed by atoms with Crippen LogP contribution in [-0.2, 0) is 19.1 Å². The number of rotatable bonds is 8. The average Bonchev–Trinajstić information content (AvgIpc) is 2.67. The van der Waals surface area contributed by atoms with Crippen LogP contribution in [0, 0.1) is 13.8 Å². The third-order valence-corrected chi connectivity index (χ3v) is 4.98. The van der Waals surface area contributed by atoms with Crippen molar-refractivity contribution >= 4 is 40.9 Å². The third-order valence-electron chi connectivity index (χ3n) is 3.85. The second-order valence-electron chi connectivity index (χ2n) is 6.36. The second-order valence-corrected chi connectivity index (χ2v) is 7.38. The van der Waals surface area contributed by atoms with Gasteiger partial charge < -0.3 is 20.1 Å². The molecule has 29 heavy (non-hydrogen) atoms. The number of esters is 1. The van der Waals surface area contributed by atoms with Crippen molar-refractivity contribution in [3.05, 3.63) is 47.5 Å². The quantitative estimate of drug-likeness (QED) is 0.505. The van der Waals surface area contributed by atoms with Crippen LogP contribution in [0.4, 0.5) is 11.4 Å². The van der Waals surface area contributed by atoms with Gasteiger partial charge in [0.1, 0.15) is 5.75 Å². The number of hydrogen-bond donors (Lipinski definition) is 2. The zero-order valence-electron chi connectivity index (χ0n) is 16.8. The number of methoxy groups -OCH3 is 1. The van der Waals surface area contributed by atoms with E-state index in [0.29, 0.717) is 17.1 Å². The van der Waals surface area contributed by atoms with Gasteiger partial charge in [-0.15, -0.1) is 11.8 Å². The Morgan fingerprint density at radius 3 is 2.48 bits per heavy atom. The summed E-state index contributed by atoms with van der Waals surface area (Å²) in [6, 6.07) is 10.9. The first-order valence-corrected chi connectivity index (χ1v) is 9.88. The van der Waals surface area contributed by atoms with E-state index < -0.39 is 18.5 Å². The topological polar surface area (TPSA) is 93.7 Å². The molecule has 2 rings (SSSR count). The Morgan fingerprint density at radius 1 is 1.03 bits per heavy atom. The van der Waals surface area contributed by atoms with E-state index >= 15 is 0 Å². The molecule has 0 spiro atoms. The molecule has 0 radical (unpaired) electrons. The van der Waals surface area contributed by atoms with Crippen molar-refractivity contribution in [2.24, 2.45) is 0 Å². The Hall–Kier alpha value is -3.00. The molecule has 2 aromatic rings. The maximum atomic E-state index is 12.2. The fourth-order valence-corrected chi connectivity index (χ4v) is 3.38. The van der Waals surface area contributed by atoms with E-state index in [2.05, 4.69) is 10.6 Å². The van der Waals surface area contributed by atoms with Crippen molar-refractivity contribution < 1.29 is 23.9 Å². The maximum absolute atomic E-state index is 12.2. The summed E-state index contributed by atoms with van der Waals surface area (Å²) in [5, 5.41) is 5.25.